The van der Waals surface area contributed by atoms with Gasteiger partial charge in [-0.1, -0.05) is 70.5 Å². The Morgan fingerprint density at radius 1 is 1.05 bits per heavy atom. The smallest absolute Gasteiger partial charge is 0.222 e. The summed E-state index contributed by atoms with van der Waals surface area (Å²) >= 11 is 4.89. The zero-order valence-electron chi connectivity index (χ0n) is 14.2. The van der Waals surface area contributed by atoms with Crippen molar-refractivity contribution in [3.05, 3.63) is 0 Å². The first-order valence-corrected chi connectivity index (χ1v) is 8.93. The molecule has 0 aromatic carbocycles. The minimum atomic E-state index is 0.105. The first-order valence-electron chi connectivity index (χ1n) is 8.53. The summed E-state index contributed by atoms with van der Waals surface area (Å²) in [5, 5.41) is 0. The summed E-state index contributed by atoms with van der Waals surface area (Å²) in [5.41, 5.74) is 5.52. The van der Waals surface area contributed by atoms with E-state index in [2.05, 4.69) is 6.92 Å². The van der Waals surface area contributed by atoms with Crippen molar-refractivity contribution in [3.63, 3.8) is 0 Å². The third kappa shape index (κ3) is 11.7. The van der Waals surface area contributed by atoms with Crippen molar-refractivity contribution in [2.75, 3.05) is 7.05 Å². The fourth-order valence-electron chi connectivity index (χ4n) is 2.44. The van der Waals surface area contributed by atoms with E-state index in [9.17, 15) is 4.79 Å². The number of hydrogen-bond donors (Lipinski definition) is 1. The third-order valence-electron chi connectivity index (χ3n) is 4.05. The highest BCUT2D eigenvalue weighted by atomic mass is 32.1. The molecule has 0 saturated heterocycles. The lowest BCUT2D eigenvalue weighted by molar-refractivity contribution is -0.131. The molecule has 1 unspecified atom stereocenters. The molecule has 1 amide bonds. The number of unbranched alkanes of at least 4 members (excludes halogenated alkanes) is 8. The molecule has 0 bridgehead atoms. The van der Waals surface area contributed by atoms with Gasteiger partial charge in [0.25, 0.3) is 0 Å². The predicted molar refractivity (Wildman–Crippen MR) is 95.5 cm³/mol. The quantitative estimate of drug-likeness (QED) is 0.404. The molecule has 0 aromatic heterocycles. The minimum Gasteiger partial charge on any atom is -0.393 e. The summed E-state index contributed by atoms with van der Waals surface area (Å²) < 4.78 is 0. The molecule has 0 fully saturated rings. The van der Waals surface area contributed by atoms with Crippen LogP contribution < -0.4 is 5.73 Å². The standard InChI is InChI=1S/C17H34N2OS/c1-4-5-6-7-8-9-10-11-12-13-17(20)19(3)15(2)14-16(18)21/h15H,4-14H2,1-3H3,(H2,18,21). The van der Waals surface area contributed by atoms with E-state index in [1.54, 1.807) is 4.90 Å². The van der Waals surface area contributed by atoms with Crippen LogP contribution in [-0.4, -0.2) is 28.9 Å². The van der Waals surface area contributed by atoms with E-state index in [1.807, 2.05) is 14.0 Å². The maximum absolute atomic E-state index is 12.0. The molecule has 0 aliphatic rings. The van der Waals surface area contributed by atoms with E-state index >= 15 is 0 Å². The van der Waals surface area contributed by atoms with Crippen LogP contribution in [0.3, 0.4) is 0 Å². The second kappa shape index (κ2) is 13.1. The van der Waals surface area contributed by atoms with E-state index in [1.165, 1.54) is 44.9 Å². The van der Waals surface area contributed by atoms with Crippen LogP contribution in [0.1, 0.15) is 84.5 Å². The second-order valence-corrected chi connectivity index (χ2v) is 6.63. The average molecular weight is 315 g/mol. The maximum Gasteiger partial charge on any atom is 0.222 e. The van der Waals surface area contributed by atoms with Gasteiger partial charge in [-0.3, -0.25) is 4.79 Å². The fraction of sp³-hybridized carbons (Fsp3) is 0.882. The van der Waals surface area contributed by atoms with Gasteiger partial charge in [0.2, 0.25) is 5.91 Å². The van der Waals surface area contributed by atoms with Gasteiger partial charge in [-0.25, -0.2) is 0 Å². The summed E-state index contributed by atoms with van der Waals surface area (Å²) in [6.07, 6.45) is 12.7. The molecule has 21 heavy (non-hydrogen) atoms. The van der Waals surface area contributed by atoms with Crippen molar-refractivity contribution in [2.45, 2.75) is 90.5 Å². The first kappa shape index (κ1) is 20.4. The molecule has 3 nitrogen and oxygen atoms in total. The van der Waals surface area contributed by atoms with Crippen LogP contribution in [0.4, 0.5) is 0 Å². The summed E-state index contributed by atoms with van der Waals surface area (Å²) in [6, 6.07) is 0.105. The number of carbonyl (C=O) groups is 1. The molecule has 0 aromatic rings. The van der Waals surface area contributed by atoms with Crippen LogP contribution in [0.15, 0.2) is 0 Å². The van der Waals surface area contributed by atoms with Gasteiger partial charge >= 0.3 is 0 Å². The fourth-order valence-corrected chi connectivity index (χ4v) is 2.68. The Morgan fingerprint density at radius 2 is 1.52 bits per heavy atom. The SMILES string of the molecule is CCCCCCCCCCCC(=O)N(C)C(C)CC(N)=S. The molecule has 0 saturated carbocycles. The molecule has 0 radical (unpaired) electrons. The largest absolute Gasteiger partial charge is 0.393 e. The van der Waals surface area contributed by atoms with Gasteiger partial charge in [0.1, 0.15) is 0 Å². The van der Waals surface area contributed by atoms with Crippen molar-refractivity contribution >= 4 is 23.1 Å². The van der Waals surface area contributed by atoms with Gasteiger partial charge in [-0.05, 0) is 13.3 Å². The number of nitrogens with zero attached hydrogens (tertiary/aromatic N) is 1. The molecular weight excluding hydrogens is 280 g/mol. The van der Waals surface area contributed by atoms with Crippen molar-refractivity contribution < 1.29 is 4.79 Å². The Labute approximate surface area is 136 Å². The predicted octanol–water partition coefficient (Wildman–Crippen LogP) is 4.43. The van der Waals surface area contributed by atoms with Crippen molar-refractivity contribution in [2.24, 2.45) is 5.73 Å². The topological polar surface area (TPSA) is 46.3 Å². The molecular formula is C17H34N2OS. The normalized spacial score (nSPS) is 12.1. The van der Waals surface area contributed by atoms with E-state index in [0.29, 0.717) is 17.8 Å². The molecule has 0 rings (SSSR count). The summed E-state index contributed by atoms with van der Waals surface area (Å²) in [7, 11) is 1.85. The van der Waals surface area contributed by atoms with Gasteiger partial charge in [0, 0.05) is 25.9 Å². The van der Waals surface area contributed by atoms with Crippen LogP contribution in [0.25, 0.3) is 0 Å². The summed E-state index contributed by atoms with van der Waals surface area (Å²) in [6.45, 7) is 4.24. The van der Waals surface area contributed by atoms with E-state index < -0.39 is 0 Å². The Hall–Kier alpha value is -0.640. The third-order valence-corrected chi connectivity index (χ3v) is 4.21. The monoisotopic (exact) mass is 314 g/mol. The molecule has 0 aliphatic carbocycles. The van der Waals surface area contributed by atoms with Crippen LogP contribution in [-0.2, 0) is 4.79 Å². The average Bonchev–Trinajstić information content (AvgIpc) is 2.43. The van der Waals surface area contributed by atoms with Gasteiger partial charge in [-0.15, -0.1) is 0 Å². The highest BCUT2D eigenvalue weighted by Gasteiger charge is 2.15. The zero-order valence-corrected chi connectivity index (χ0v) is 15.0. The lowest BCUT2D eigenvalue weighted by atomic mass is 10.1. The number of nitrogens with two attached hydrogens (primary N) is 1. The Morgan fingerprint density at radius 3 is 2.00 bits per heavy atom. The van der Waals surface area contributed by atoms with Crippen molar-refractivity contribution in [1.82, 2.24) is 4.90 Å². The Balaban J connectivity index is 3.54. The minimum absolute atomic E-state index is 0.105. The first-order chi connectivity index (χ1) is 9.99. The molecule has 1 atom stereocenters. The highest BCUT2D eigenvalue weighted by molar-refractivity contribution is 7.80. The highest BCUT2D eigenvalue weighted by Crippen LogP contribution is 2.12. The number of amides is 1. The Bertz CT molecular complexity index is 295. The molecule has 0 spiro atoms. The van der Waals surface area contributed by atoms with E-state index in [0.717, 1.165) is 12.8 Å². The number of hydrogen-bond acceptors (Lipinski definition) is 2. The number of thiocarbonyl (C=S) groups is 1. The van der Waals surface area contributed by atoms with Crippen LogP contribution in [0.5, 0.6) is 0 Å². The van der Waals surface area contributed by atoms with Crippen LogP contribution >= 0.6 is 12.2 Å². The number of carbonyl (C=O) groups excluding carboxylic acids is 1. The molecule has 0 aliphatic heterocycles. The molecule has 0 heterocycles. The maximum atomic E-state index is 12.0. The zero-order chi connectivity index (χ0) is 16.1. The summed E-state index contributed by atoms with van der Waals surface area (Å²) in [4.78, 5) is 14.3. The molecule has 124 valence electrons. The van der Waals surface area contributed by atoms with Crippen LogP contribution in [0.2, 0.25) is 0 Å². The van der Waals surface area contributed by atoms with Gasteiger partial charge < -0.3 is 10.6 Å². The molecule has 2 N–H and O–H groups in total. The summed E-state index contributed by atoms with van der Waals surface area (Å²) in [5.74, 6) is 0.210. The van der Waals surface area contributed by atoms with E-state index in [4.69, 9.17) is 18.0 Å². The van der Waals surface area contributed by atoms with Gasteiger partial charge in [0.05, 0.1) is 4.99 Å². The van der Waals surface area contributed by atoms with Crippen LogP contribution in [0, 0.1) is 0 Å². The Kier molecular flexibility index (Phi) is 12.7. The van der Waals surface area contributed by atoms with E-state index in [-0.39, 0.29) is 11.9 Å². The second-order valence-electron chi connectivity index (χ2n) is 6.10. The lowest BCUT2D eigenvalue weighted by Crippen LogP contribution is -2.37. The van der Waals surface area contributed by atoms with Crippen molar-refractivity contribution in [1.29, 1.82) is 0 Å². The van der Waals surface area contributed by atoms with Gasteiger partial charge in [-0.2, -0.15) is 0 Å². The van der Waals surface area contributed by atoms with Gasteiger partial charge in [0.15, 0.2) is 0 Å². The molecule has 4 heteroatoms. The van der Waals surface area contributed by atoms with Crippen molar-refractivity contribution in [3.8, 4) is 0 Å². The lowest BCUT2D eigenvalue weighted by Gasteiger charge is -2.24. The number of rotatable bonds is 13.